The summed E-state index contributed by atoms with van der Waals surface area (Å²) in [5, 5.41) is 0.146. The van der Waals surface area contributed by atoms with Gasteiger partial charge >= 0.3 is 0 Å². The lowest BCUT2D eigenvalue weighted by molar-refractivity contribution is -0.126. The number of benzene rings is 2. The number of nitrogens with zero attached hydrogens (tertiary/aromatic N) is 1. The summed E-state index contributed by atoms with van der Waals surface area (Å²) in [6.07, 6.45) is 0.855. The average molecular weight is 502 g/mol. The Kier molecular flexibility index (Phi) is 12.6. The fourth-order valence-corrected chi connectivity index (χ4v) is 4.74. The second-order valence-corrected chi connectivity index (χ2v) is 15.5. The molecule has 2 aromatic carbocycles. The second kappa shape index (κ2) is 14.9. The van der Waals surface area contributed by atoms with Gasteiger partial charge in [0.15, 0.2) is 8.32 Å². The minimum absolute atomic E-state index is 0.0188. The molecule has 35 heavy (non-hydrogen) atoms. The Balaban J connectivity index is 2.31. The molecule has 0 spiro atoms. The van der Waals surface area contributed by atoms with Gasteiger partial charge in [-0.05, 0) is 35.7 Å². The van der Waals surface area contributed by atoms with Crippen molar-refractivity contribution in [2.75, 3.05) is 33.7 Å². The van der Waals surface area contributed by atoms with E-state index in [0.29, 0.717) is 19.8 Å². The number of rotatable bonds is 16. The number of methoxy groups -OCH3 is 1. The number of hydrogen-bond donors (Lipinski definition) is 0. The van der Waals surface area contributed by atoms with Crippen LogP contribution in [0.4, 0.5) is 0 Å². The molecule has 0 saturated heterocycles. The second-order valence-electron chi connectivity index (χ2n) is 10.6. The van der Waals surface area contributed by atoms with Crippen LogP contribution in [-0.4, -0.2) is 59.1 Å². The summed E-state index contributed by atoms with van der Waals surface area (Å²) in [4.78, 5) is 2.52. The summed E-state index contributed by atoms with van der Waals surface area (Å²) in [5.74, 6) is 0. The highest BCUT2D eigenvalue weighted by Gasteiger charge is 2.39. The first-order chi connectivity index (χ1) is 16.7. The summed E-state index contributed by atoms with van der Waals surface area (Å²) in [6.45, 7) is 17.3. The van der Waals surface area contributed by atoms with E-state index in [0.717, 1.165) is 19.5 Å². The molecule has 6 heteroatoms. The van der Waals surface area contributed by atoms with Crippen LogP contribution in [0.1, 0.15) is 45.2 Å². The van der Waals surface area contributed by atoms with Gasteiger partial charge in [-0.3, -0.25) is 4.90 Å². The van der Waals surface area contributed by atoms with E-state index in [-0.39, 0.29) is 24.0 Å². The van der Waals surface area contributed by atoms with Gasteiger partial charge in [0, 0.05) is 20.2 Å². The molecular weight excluding hydrogens is 454 g/mol. The van der Waals surface area contributed by atoms with Crippen molar-refractivity contribution in [3.8, 4) is 0 Å². The highest BCUT2D eigenvalue weighted by molar-refractivity contribution is 6.74. The molecule has 0 bridgehead atoms. The van der Waals surface area contributed by atoms with Crippen LogP contribution in [0, 0.1) is 0 Å². The van der Waals surface area contributed by atoms with Crippen LogP contribution in [0.25, 0.3) is 0 Å². The fraction of sp³-hybridized carbons (Fsp3) is 0.586. The maximum absolute atomic E-state index is 6.80. The molecule has 2 aromatic rings. The topological polar surface area (TPSA) is 40.2 Å². The maximum atomic E-state index is 6.80. The first kappa shape index (κ1) is 29.7. The average Bonchev–Trinajstić information content (AvgIpc) is 2.83. The molecular formula is C29H47NO4Si. The molecule has 0 saturated carbocycles. The van der Waals surface area contributed by atoms with Gasteiger partial charge < -0.3 is 18.6 Å². The van der Waals surface area contributed by atoms with Crippen molar-refractivity contribution in [1.82, 2.24) is 4.90 Å². The van der Waals surface area contributed by atoms with E-state index in [1.165, 1.54) is 11.1 Å². The first-order valence-electron chi connectivity index (χ1n) is 12.8. The van der Waals surface area contributed by atoms with Crippen LogP contribution in [0.3, 0.4) is 0 Å². The molecule has 5 nitrogen and oxygen atoms in total. The Morgan fingerprint density at radius 3 is 1.86 bits per heavy atom. The largest absolute Gasteiger partial charge is 0.415 e. The Labute approximate surface area is 214 Å². The minimum Gasteiger partial charge on any atom is -0.415 e. The lowest BCUT2D eigenvalue weighted by Gasteiger charge is -2.41. The van der Waals surface area contributed by atoms with Gasteiger partial charge in [-0.2, -0.15) is 0 Å². The molecule has 0 heterocycles. The summed E-state index contributed by atoms with van der Waals surface area (Å²) in [6, 6.07) is 21.4. The fourth-order valence-electron chi connectivity index (χ4n) is 3.72. The van der Waals surface area contributed by atoms with Gasteiger partial charge in [0.05, 0.1) is 32.0 Å². The van der Waals surface area contributed by atoms with Gasteiger partial charge in [-0.1, -0.05) is 88.4 Å². The molecule has 0 aliphatic carbocycles. The summed E-state index contributed by atoms with van der Waals surface area (Å²) >= 11 is 0. The van der Waals surface area contributed by atoms with E-state index >= 15 is 0 Å². The van der Waals surface area contributed by atoms with Crippen molar-refractivity contribution in [3.63, 3.8) is 0 Å². The van der Waals surface area contributed by atoms with Crippen molar-refractivity contribution in [2.45, 2.75) is 77.5 Å². The van der Waals surface area contributed by atoms with Gasteiger partial charge in [0.2, 0.25) is 0 Å². The van der Waals surface area contributed by atoms with Crippen LogP contribution in [-0.2, 0) is 31.7 Å². The Bertz CT molecular complexity index is 769. The van der Waals surface area contributed by atoms with Gasteiger partial charge in [-0.25, -0.2) is 0 Å². The summed E-state index contributed by atoms with van der Waals surface area (Å²) < 4.78 is 23.9. The molecule has 2 rings (SSSR count). The van der Waals surface area contributed by atoms with E-state index in [1.807, 2.05) is 0 Å². The zero-order valence-electron chi connectivity index (χ0n) is 23.0. The predicted octanol–water partition coefficient (Wildman–Crippen LogP) is 6.49. The molecule has 0 aromatic heterocycles. The molecule has 2 atom stereocenters. The normalized spacial score (nSPS) is 14.3. The standard InChI is InChI=1S/C29H47NO4Si/c1-8-28(33-24-32-20-19-31-5)27(23-34-35(6,7)29(2,3)4)30(21-25-15-11-9-12-16-25)22-26-17-13-10-14-18-26/h9-18,27-28H,8,19-24H2,1-7H3/t27-,28-/m0/s1. The van der Waals surface area contributed by atoms with E-state index in [4.69, 9.17) is 18.6 Å². The Morgan fingerprint density at radius 2 is 1.40 bits per heavy atom. The van der Waals surface area contributed by atoms with Crippen molar-refractivity contribution >= 4 is 8.32 Å². The monoisotopic (exact) mass is 501 g/mol. The summed E-state index contributed by atoms with van der Waals surface area (Å²) in [5.41, 5.74) is 2.57. The van der Waals surface area contributed by atoms with Crippen molar-refractivity contribution in [2.24, 2.45) is 0 Å². The molecule has 0 aliphatic heterocycles. The van der Waals surface area contributed by atoms with Gasteiger partial charge in [0.1, 0.15) is 6.79 Å². The van der Waals surface area contributed by atoms with Gasteiger partial charge in [0.25, 0.3) is 0 Å². The molecule has 0 aliphatic rings. The Hall–Kier alpha value is -1.54. The van der Waals surface area contributed by atoms with Gasteiger partial charge in [-0.15, -0.1) is 0 Å². The minimum atomic E-state index is -1.94. The van der Waals surface area contributed by atoms with Crippen molar-refractivity contribution in [1.29, 1.82) is 0 Å². The highest BCUT2D eigenvalue weighted by atomic mass is 28.4. The quantitative estimate of drug-likeness (QED) is 0.149. The third-order valence-electron chi connectivity index (χ3n) is 6.98. The molecule has 0 unspecified atom stereocenters. The van der Waals surface area contributed by atoms with E-state index in [2.05, 4.69) is 106 Å². The zero-order valence-corrected chi connectivity index (χ0v) is 24.0. The molecule has 196 valence electrons. The lowest BCUT2D eigenvalue weighted by atomic mass is 10.0. The van der Waals surface area contributed by atoms with E-state index < -0.39 is 8.32 Å². The molecule has 0 amide bonds. The molecule has 0 radical (unpaired) electrons. The van der Waals surface area contributed by atoms with Crippen LogP contribution in [0.15, 0.2) is 60.7 Å². The van der Waals surface area contributed by atoms with E-state index in [9.17, 15) is 0 Å². The smallest absolute Gasteiger partial charge is 0.192 e. The highest BCUT2D eigenvalue weighted by Crippen LogP contribution is 2.37. The van der Waals surface area contributed by atoms with Crippen LogP contribution in [0.2, 0.25) is 18.1 Å². The predicted molar refractivity (Wildman–Crippen MR) is 147 cm³/mol. The van der Waals surface area contributed by atoms with Crippen LogP contribution >= 0.6 is 0 Å². The third kappa shape index (κ3) is 10.2. The van der Waals surface area contributed by atoms with E-state index in [1.54, 1.807) is 7.11 Å². The number of ether oxygens (including phenoxy) is 3. The first-order valence-corrected chi connectivity index (χ1v) is 15.7. The molecule has 0 N–H and O–H groups in total. The molecule has 0 fully saturated rings. The van der Waals surface area contributed by atoms with Crippen molar-refractivity contribution < 1.29 is 18.6 Å². The van der Waals surface area contributed by atoms with Crippen LogP contribution in [0.5, 0.6) is 0 Å². The SMILES string of the molecule is CC[C@H](OCOCCOC)[C@H](CO[Si](C)(C)C(C)(C)C)N(Cc1ccccc1)Cc1ccccc1. The maximum Gasteiger partial charge on any atom is 0.192 e. The zero-order chi connectivity index (χ0) is 25.7. The Morgan fingerprint density at radius 1 is 0.857 bits per heavy atom. The number of hydrogen-bond acceptors (Lipinski definition) is 5. The van der Waals surface area contributed by atoms with Crippen molar-refractivity contribution in [3.05, 3.63) is 71.8 Å². The summed E-state index contributed by atoms with van der Waals surface area (Å²) in [7, 11) is -0.256. The third-order valence-corrected chi connectivity index (χ3v) is 11.5. The van der Waals surface area contributed by atoms with Crippen LogP contribution < -0.4 is 0 Å². The lowest BCUT2D eigenvalue weighted by Crippen LogP contribution is -2.51.